The second-order valence-electron chi connectivity index (χ2n) is 8.70. The lowest BCUT2D eigenvalue weighted by Crippen LogP contribution is -2.30. The summed E-state index contributed by atoms with van der Waals surface area (Å²) in [5.74, 6) is 1.21. The van der Waals surface area contributed by atoms with Crippen LogP contribution >= 0.6 is 0 Å². The highest BCUT2D eigenvalue weighted by Crippen LogP contribution is 2.45. The largest absolute Gasteiger partial charge is 0.493 e. The number of fused-ring (bicyclic) bond motifs is 2. The number of hydrogen-bond acceptors (Lipinski definition) is 6. The molecule has 7 heteroatoms. The standard InChI is InChI=1S/C27H31NO6/c1-7-8-9-10-28-23(17-13-19(31-4)25(33-6)20(14-17)32-5)22-24(29)21-16(3)11-15(2)12-18(21)34-26(22)27(28)30/h11-14,23H,7-10H2,1-6H3. The zero-order valence-corrected chi connectivity index (χ0v) is 20.6. The van der Waals surface area contributed by atoms with Gasteiger partial charge in [-0.1, -0.05) is 25.8 Å². The number of hydrogen-bond donors (Lipinski definition) is 0. The van der Waals surface area contributed by atoms with Crippen molar-refractivity contribution in [3.63, 3.8) is 0 Å². The Morgan fingerprint density at radius 3 is 2.21 bits per heavy atom. The van der Waals surface area contributed by atoms with E-state index in [1.165, 1.54) is 7.11 Å². The average molecular weight is 466 g/mol. The summed E-state index contributed by atoms with van der Waals surface area (Å²) in [5.41, 5.74) is 3.11. The molecule has 1 aliphatic rings. The summed E-state index contributed by atoms with van der Waals surface area (Å²) in [6.45, 7) is 6.45. The summed E-state index contributed by atoms with van der Waals surface area (Å²) in [6, 6.07) is 6.75. The van der Waals surface area contributed by atoms with Gasteiger partial charge in [0.1, 0.15) is 5.58 Å². The number of benzene rings is 2. The number of carbonyl (C=O) groups is 1. The van der Waals surface area contributed by atoms with Crippen LogP contribution in [0.25, 0.3) is 11.0 Å². The van der Waals surface area contributed by atoms with Gasteiger partial charge >= 0.3 is 0 Å². The SMILES string of the molecule is CCCCCN1C(=O)c2oc3cc(C)cc(C)c3c(=O)c2C1c1cc(OC)c(OC)c(OC)c1. The molecule has 0 saturated carbocycles. The number of unbranched alkanes of at least 4 members (excludes halogenated alkanes) is 2. The number of aryl methyl sites for hydroxylation is 2. The first-order chi connectivity index (χ1) is 16.4. The van der Waals surface area contributed by atoms with Gasteiger partial charge in [-0.05, 0) is 55.2 Å². The van der Waals surface area contributed by atoms with Crippen molar-refractivity contribution >= 4 is 16.9 Å². The van der Waals surface area contributed by atoms with Crippen molar-refractivity contribution in [1.29, 1.82) is 0 Å². The molecule has 1 aromatic heterocycles. The van der Waals surface area contributed by atoms with Gasteiger partial charge in [0, 0.05) is 6.54 Å². The monoisotopic (exact) mass is 465 g/mol. The van der Waals surface area contributed by atoms with Gasteiger partial charge in [-0.2, -0.15) is 0 Å². The summed E-state index contributed by atoms with van der Waals surface area (Å²) < 4.78 is 22.7. The molecule has 4 rings (SSSR count). The highest BCUT2D eigenvalue weighted by atomic mass is 16.5. The quantitative estimate of drug-likeness (QED) is 0.427. The van der Waals surface area contributed by atoms with Gasteiger partial charge in [0.25, 0.3) is 5.91 Å². The highest BCUT2D eigenvalue weighted by Gasteiger charge is 2.43. The molecule has 2 aromatic carbocycles. The van der Waals surface area contributed by atoms with E-state index in [0.717, 1.165) is 30.4 Å². The molecule has 7 nitrogen and oxygen atoms in total. The first-order valence-electron chi connectivity index (χ1n) is 11.5. The van der Waals surface area contributed by atoms with Crippen LogP contribution < -0.4 is 19.6 Å². The second-order valence-corrected chi connectivity index (χ2v) is 8.70. The number of amides is 1. The molecule has 1 unspecified atom stereocenters. The fourth-order valence-corrected chi connectivity index (χ4v) is 4.88. The molecule has 0 fully saturated rings. The summed E-state index contributed by atoms with van der Waals surface area (Å²) in [6.07, 6.45) is 2.82. The normalized spacial score (nSPS) is 15.1. The van der Waals surface area contributed by atoms with E-state index in [1.807, 2.05) is 26.0 Å². The van der Waals surface area contributed by atoms with Gasteiger partial charge < -0.3 is 23.5 Å². The Balaban J connectivity index is 2.00. The molecule has 2 heterocycles. The minimum Gasteiger partial charge on any atom is -0.493 e. The Kier molecular flexibility index (Phi) is 6.55. The first-order valence-corrected chi connectivity index (χ1v) is 11.5. The van der Waals surface area contributed by atoms with Crippen LogP contribution in [0.1, 0.15) is 65.0 Å². The number of ether oxygens (including phenoxy) is 3. The summed E-state index contributed by atoms with van der Waals surface area (Å²) in [4.78, 5) is 29.2. The minimum atomic E-state index is -0.616. The lowest BCUT2D eigenvalue weighted by atomic mass is 9.96. The fourth-order valence-electron chi connectivity index (χ4n) is 4.88. The van der Waals surface area contributed by atoms with Crippen molar-refractivity contribution < 1.29 is 23.4 Å². The molecule has 34 heavy (non-hydrogen) atoms. The third-order valence-electron chi connectivity index (χ3n) is 6.42. The Bertz CT molecular complexity index is 1280. The van der Waals surface area contributed by atoms with Gasteiger partial charge in [0.15, 0.2) is 16.9 Å². The zero-order valence-electron chi connectivity index (χ0n) is 20.6. The van der Waals surface area contributed by atoms with Gasteiger partial charge in [-0.3, -0.25) is 9.59 Å². The van der Waals surface area contributed by atoms with E-state index in [0.29, 0.717) is 45.9 Å². The van der Waals surface area contributed by atoms with Crippen molar-refractivity contribution in [1.82, 2.24) is 4.90 Å². The van der Waals surface area contributed by atoms with E-state index in [1.54, 1.807) is 31.3 Å². The molecular formula is C27H31NO6. The van der Waals surface area contributed by atoms with Crippen molar-refractivity contribution in [2.75, 3.05) is 27.9 Å². The Morgan fingerprint density at radius 2 is 1.62 bits per heavy atom. The molecule has 3 aromatic rings. The average Bonchev–Trinajstić information content (AvgIpc) is 3.09. The van der Waals surface area contributed by atoms with Crippen LogP contribution in [0.4, 0.5) is 0 Å². The highest BCUT2D eigenvalue weighted by molar-refractivity contribution is 5.99. The topological polar surface area (TPSA) is 78.2 Å². The smallest absolute Gasteiger partial charge is 0.290 e. The summed E-state index contributed by atoms with van der Waals surface area (Å²) in [5, 5.41) is 0.505. The van der Waals surface area contributed by atoms with Crippen LogP contribution in [0.3, 0.4) is 0 Å². The predicted octanol–water partition coefficient (Wildman–Crippen LogP) is 5.17. The van der Waals surface area contributed by atoms with Crippen molar-refractivity contribution in [3.8, 4) is 17.2 Å². The maximum Gasteiger partial charge on any atom is 0.290 e. The van der Waals surface area contributed by atoms with Gasteiger partial charge in [0.2, 0.25) is 11.5 Å². The summed E-state index contributed by atoms with van der Waals surface area (Å²) in [7, 11) is 4.62. The van der Waals surface area contributed by atoms with E-state index >= 15 is 0 Å². The van der Waals surface area contributed by atoms with E-state index in [2.05, 4.69) is 6.92 Å². The Morgan fingerprint density at radius 1 is 0.941 bits per heavy atom. The van der Waals surface area contributed by atoms with E-state index in [4.69, 9.17) is 18.6 Å². The number of nitrogens with zero attached hydrogens (tertiary/aromatic N) is 1. The predicted molar refractivity (Wildman–Crippen MR) is 130 cm³/mol. The van der Waals surface area contributed by atoms with Crippen LogP contribution in [0, 0.1) is 13.8 Å². The number of rotatable bonds is 8. The zero-order chi connectivity index (χ0) is 24.6. The van der Waals surface area contributed by atoms with Crippen molar-refractivity contribution in [2.45, 2.75) is 46.1 Å². The molecule has 0 radical (unpaired) electrons. The van der Waals surface area contributed by atoms with E-state index < -0.39 is 6.04 Å². The number of carbonyl (C=O) groups excluding carboxylic acids is 1. The van der Waals surface area contributed by atoms with Crippen LogP contribution in [-0.2, 0) is 0 Å². The molecule has 180 valence electrons. The van der Waals surface area contributed by atoms with Crippen molar-refractivity contribution in [3.05, 3.63) is 62.5 Å². The Labute approximate surface area is 199 Å². The van der Waals surface area contributed by atoms with Gasteiger partial charge in [-0.25, -0.2) is 0 Å². The lowest BCUT2D eigenvalue weighted by molar-refractivity contribution is 0.0724. The van der Waals surface area contributed by atoms with Crippen LogP contribution in [-0.4, -0.2) is 38.7 Å². The van der Waals surface area contributed by atoms with E-state index in [9.17, 15) is 9.59 Å². The van der Waals surface area contributed by atoms with Crippen LogP contribution in [0.15, 0.2) is 33.5 Å². The fraction of sp³-hybridized carbons (Fsp3) is 0.407. The number of methoxy groups -OCH3 is 3. The second kappa shape index (κ2) is 9.41. The third kappa shape index (κ3) is 3.79. The van der Waals surface area contributed by atoms with Gasteiger partial charge in [0.05, 0.1) is 38.3 Å². The van der Waals surface area contributed by atoms with Crippen LogP contribution in [0.5, 0.6) is 17.2 Å². The van der Waals surface area contributed by atoms with Crippen LogP contribution in [0.2, 0.25) is 0 Å². The molecule has 1 amide bonds. The molecule has 0 saturated heterocycles. The third-order valence-corrected chi connectivity index (χ3v) is 6.42. The molecule has 0 spiro atoms. The maximum absolute atomic E-state index is 13.9. The van der Waals surface area contributed by atoms with Crippen molar-refractivity contribution in [2.24, 2.45) is 0 Å². The van der Waals surface area contributed by atoms with E-state index in [-0.39, 0.29) is 17.1 Å². The van der Waals surface area contributed by atoms with Gasteiger partial charge in [-0.15, -0.1) is 0 Å². The Hall–Kier alpha value is -3.48. The molecule has 0 N–H and O–H groups in total. The molecule has 1 atom stereocenters. The maximum atomic E-state index is 13.9. The summed E-state index contributed by atoms with van der Waals surface area (Å²) >= 11 is 0. The molecule has 0 aliphatic carbocycles. The first kappa shape index (κ1) is 23.7. The molecular weight excluding hydrogens is 434 g/mol. The molecule has 1 aliphatic heterocycles. The molecule has 0 bridgehead atoms. The lowest BCUT2D eigenvalue weighted by Gasteiger charge is -2.26. The minimum absolute atomic E-state index is 0.109.